The smallest absolute Gasteiger partial charge is 0.268 e. The summed E-state index contributed by atoms with van der Waals surface area (Å²) in [6.07, 6.45) is 0.120. The van der Waals surface area contributed by atoms with E-state index in [2.05, 4.69) is 15.3 Å². The number of benzene rings is 1. The summed E-state index contributed by atoms with van der Waals surface area (Å²) in [6, 6.07) is 8.91. The second-order valence-electron chi connectivity index (χ2n) is 5.85. The first-order valence-electron chi connectivity index (χ1n) is 8.19. The second-order valence-corrected chi connectivity index (χ2v) is 5.85. The zero-order valence-corrected chi connectivity index (χ0v) is 14.4. The van der Waals surface area contributed by atoms with Crippen molar-refractivity contribution in [2.24, 2.45) is 0 Å². The van der Waals surface area contributed by atoms with Crippen LogP contribution in [0.5, 0.6) is 5.75 Å². The summed E-state index contributed by atoms with van der Waals surface area (Å²) in [5, 5.41) is 2.75. The van der Waals surface area contributed by atoms with E-state index in [-0.39, 0.29) is 18.4 Å². The van der Waals surface area contributed by atoms with E-state index in [0.29, 0.717) is 23.1 Å². The highest BCUT2D eigenvalue weighted by Gasteiger charge is 2.32. The predicted octanol–water partition coefficient (Wildman–Crippen LogP) is 2.10. The van der Waals surface area contributed by atoms with Crippen molar-refractivity contribution in [3.8, 4) is 5.75 Å². The number of hydrogen-bond donors (Lipinski definition) is 1. The highest BCUT2D eigenvalue weighted by Crippen LogP contribution is 2.33. The molecule has 0 radical (unpaired) electrons. The van der Waals surface area contributed by atoms with Gasteiger partial charge in [-0.05, 0) is 32.4 Å². The molecule has 2 amide bonds. The largest absolute Gasteiger partial charge is 0.479 e. The van der Waals surface area contributed by atoms with Crippen LogP contribution in [0, 0.1) is 6.92 Å². The number of nitrogens with zero attached hydrogens (tertiary/aromatic N) is 3. The summed E-state index contributed by atoms with van der Waals surface area (Å²) in [5.41, 5.74) is 1.44. The van der Waals surface area contributed by atoms with Crippen LogP contribution in [-0.2, 0) is 16.0 Å². The van der Waals surface area contributed by atoms with Gasteiger partial charge in [0.05, 0.1) is 5.69 Å². The van der Waals surface area contributed by atoms with Gasteiger partial charge < -0.3 is 10.1 Å². The SMILES string of the molecule is CCc1cc(NC(=O)CN2C(=O)[C@@H](C)Oc3ccccc32)nc(C)n1. The molecule has 1 aromatic heterocycles. The molecule has 3 rings (SSSR count). The minimum Gasteiger partial charge on any atom is -0.479 e. The first kappa shape index (κ1) is 16.9. The normalized spacial score (nSPS) is 16.2. The lowest BCUT2D eigenvalue weighted by molar-refractivity contribution is -0.127. The molecule has 130 valence electrons. The maximum atomic E-state index is 12.4. The Morgan fingerprint density at radius 3 is 2.84 bits per heavy atom. The van der Waals surface area contributed by atoms with Crippen molar-refractivity contribution in [2.45, 2.75) is 33.3 Å². The molecule has 1 aliphatic rings. The van der Waals surface area contributed by atoms with Crippen molar-refractivity contribution in [1.82, 2.24) is 9.97 Å². The quantitative estimate of drug-likeness (QED) is 0.921. The minimum absolute atomic E-state index is 0.103. The Morgan fingerprint density at radius 2 is 2.08 bits per heavy atom. The Morgan fingerprint density at radius 1 is 1.32 bits per heavy atom. The summed E-state index contributed by atoms with van der Waals surface area (Å²) in [6.45, 7) is 5.33. The third-order valence-electron chi connectivity index (χ3n) is 3.90. The van der Waals surface area contributed by atoms with Gasteiger partial charge in [0.15, 0.2) is 6.10 Å². The average molecular weight is 340 g/mol. The van der Waals surface area contributed by atoms with Gasteiger partial charge in [-0.3, -0.25) is 14.5 Å². The molecule has 0 saturated carbocycles. The number of para-hydroxylation sites is 2. The molecule has 0 unspecified atom stereocenters. The highest BCUT2D eigenvalue weighted by molar-refractivity contribution is 6.05. The number of carbonyl (C=O) groups excluding carboxylic acids is 2. The lowest BCUT2D eigenvalue weighted by atomic mass is 10.2. The number of hydrogen-bond acceptors (Lipinski definition) is 5. The number of amides is 2. The van der Waals surface area contributed by atoms with Crippen LogP contribution in [0.4, 0.5) is 11.5 Å². The molecule has 2 heterocycles. The van der Waals surface area contributed by atoms with E-state index in [4.69, 9.17) is 4.74 Å². The van der Waals surface area contributed by atoms with Gasteiger partial charge in [-0.25, -0.2) is 9.97 Å². The fourth-order valence-electron chi connectivity index (χ4n) is 2.72. The van der Waals surface area contributed by atoms with E-state index >= 15 is 0 Å². The molecule has 1 aromatic carbocycles. The number of aryl methyl sites for hydroxylation is 2. The molecule has 1 atom stereocenters. The number of carbonyl (C=O) groups is 2. The Kier molecular flexibility index (Phi) is 4.65. The van der Waals surface area contributed by atoms with Crippen LogP contribution in [0.3, 0.4) is 0 Å². The third kappa shape index (κ3) is 3.60. The van der Waals surface area contributed by atoms with Gasteiger partial charge in [0.2, 0.25) is 5.91 Å². The van der Waals surface area contributed by atoms with Crippen LogP contribution in [0.2, 0.25) is 0 Å². The van der Waals surface area contributed by atoms with Crippen LogP contribution in [0.25, 0.3) is 0 Å². The van der Waals surface area contributed by atoms with Crippen LogP contribution in [-0.4, -0.2) is 34.4 Å². The predicted molar refractivity (Wildman–Crippen MR) is 93.7 cm³/mol. The van der Waals surface area contributed by atoms with E-state index < -0.39 is 6.10 Å². The monoisotopic (exact) mass is 340 g/mol. The van der Waals surface area contributed by atoms with Crippen molar-refractivity contribution in [1.29, 1.82) is 0 Å². The number of ether oxygens (including phenoxy) is 1. The van der Waals surface area contributed by atoms with Crippen molar-refractivity contribution in [3.05, 3.63) is 41.9 Å². The van der Waals surface area contributed by atoms with Crippen LogP contribution < -0.4 is 15.0 Å². The lowest BCUT2D eigenvalue weighted by Gasteiger charge is -2.32. The molecule has 0 spiro atoms. The highest BCUT2D eigenvalue weighted by atomic mass is 16.5. The lowest BCUT2D eigenvalue weighted by Crippen LogP contribution is -2.47. The number of fused-ring (bicyclic) bond motifs is 1. The van der Waals surface area contributed by atoms with E-state index in [1.165, 1.54) is 4.90 Å². The first-order chi connectivity index (χ1) is 12.0. The summed E-state index contributed by atoms with van der Waals surface area (Å²) in [5.74, 6) is 1.06. The summed E-state index contributed by atoms with van der Waals surface area (Å²) < 4.78 is 5.58. The van der Waals surface area contributed by atoms with Crippen molar-refractivity contribution >= 4 is 23.3 Å². The fourth-order valence-corrected chi connectivity index (χ4v) is 2.72. The Bertz CT molecular complexity index is 822. The second kappa shape index (κ2) is 6.88. The number of rotatable bonds is 4. The molecule has 1 N–H and O–H groups in total. The molecule has 0 bridgehead atoms. The molecule has 25 heavy (non-hydrogen) atoms. The summed E-state index contributed by atoms with van der Waals surface area (Å²) >= 11 is 0. The first-order valence-corrected chi connectivity index (χ1v) is 8.19. The number of anilines is 2. The zero-order valence-electron chi connectivity index (χ0n) is 14.4. The van der Waals surface area contributed by atoms with E-state index in [9.17, 15) is 9.59 Å². The van der Waals surface area contributed by atoms with Gasteiger partial charge in [0.25, 0.3) is 5.91 Å². The maximum absolute atomic E-state index is 12.4. The molecule has 7 heteroatoms. The molecule has 0 saturated heterocycles. The number of aromatic nitrogens is 2. The molecule has 1 aliphatic heterocycles. The Hall–Kier alpha value is -2.96. The van der Waals surface area contributed by atoms with E-state index in [0.717, 1.165) is 12.1 Å². The fraction of sp³-hybridized carbons (Fsp3) is 0.333. The van der Waals surface area contributed by atoms with Gasteiger partial charge in [-0.1, -0.05) is 19.1 Å². The van der Waals surface area contributed by atoms with Crippen LogP contribution in [0.1, 0.15) is 25.4 Å². The molecule has 2 aromatic rings. The molecule has 7 nitrogen and oxygen atoms in total. The molecule has 0 fully saturated rings. The van der Waals surface area contributed by atoms with Crippen molar-refractivity contribution in [2.75, 3.05) is 16.8 Å². The third-order valence-corrected chi connectivity index (χ3v) is 3.90. The van der Waals surface area contributed by atoms with Gasteiger partial charge >= 0.3 is 0 Å². The van der Waals surface area contributed by atoms with Gasteiger partial charge in [-0.15, -0.1) is 0 Å². The van der Waals surface area contributed by atoms with Crippen LogP contribution in [0.15, 0.2) is 30.3 Å². The molecular weight excluding hydrogens is 320 g/mol. The van der Waals surface area contributed by atoms with Crippen LogP contribution >= 0.6 is 0 Å². The minimum atomic E-state index is -0.629. The van der Waals surface area contributed by atoms with E-state index in [1.54, 1.807) is 38.1 Å². The van der Waals surface area contributed by atoms with Gasteiger partial charge in [-0.2, -0.15) is 0 Å². The topological polar surface area (TPSA) is 84.4 Å². The molecule has 0 aliphatic carbocycles. The summed E-state index contributed by atoms with van der Waals surface area (Å²) in [7, 11) is 0. The average Bonchev–Trinajstić information content (AvgIpc) is 2.58. The molecular formula is C18H20N4O3. The van der Waals surface area contributed by atoms with E-state index in [1.807, 2.05) is 13.0 Å². The van der Waals surface area contributed by atoms with Gasteiger partial charge in [0, 0.05) is 11.8 Å². The maximum Gasteiger partial charge on any atom is 0.268 e. The van der Waals surface area contributed by atoms with Gasteiger partial charge in [0.1, 0.15) is 23.9 Å². The standard InChI is InChI=1S/C18H20N4O3/c1-4-13-9-16(20-12(3)19-13)21-17(23)10-22-14-7-5-6-8-15(14)25-11(2)18(22)24/h5-9,11H,4,10H2,1-3H3,(H,19,20,21,23)/t11-/m1/s1. The Balaban J connectivity index is 1.79. The van der Waals surface area contributed by atoms with Crippen molar-refractivity contribution in [3.63, 3.8) is 0 Å². The van der Waals surface area contributed by atoms with Crippen molar-refractivity contribution < 1.29 is 14.3 Å². The Labute approximate surface area is 146 Å². The zero-order chi connectivity index (χ0) is 18.0. The summed E-state index contributed by atoms with van der Waals surface area (Å²) in [4.78, 5) is 34.8. The number of nitrogens with one attached hydrogen (secondary N) is 1.